The Bertz CT molecular complexity index is 828. The predicted molar refractivity (Wildman–Crippen MR) is 82.7 cm³/mol. The van der Waals surface area contributed by atoms with Crippen LogP contribution in [0, 0.1) is 0 Å². The van der Waals surface area contributed by atoms with E-state index in [-0.39, 0.29) is 24.5 Å². The van der Waals surface area contributed by atoms with Gasteiger partial charge in [-0.1, -0.05) is 0 Å². The first-order chi connectivity index (χ1) is 13.0. The molecule has 1 aromatic heterocycles. The van der Waals surface area contributed by atoms with Gasteiger partial charge in [0.05, 0.1) is 18.7 Å². The highest BCUT2D eigenvalue weighted by Gasteiger charge is 2.35. The van der Waals surface area contributed by atoms with Crippen LogP contribution < -0.4 is 9.47 Å². The summed E-state index contributed by atoms with van der Waals surface area (Å²) in [6.45, 7) is 0.338. The number of carbonyl (C=O) groups is 1. The van der Waals surface area contributed by atoms with Crippen molar-refractivity contribution < 1.29 is 40.6 Å². The molecule has 1 aliphatic rings. The van der Waals surface area contributed by atoms with E-state index in [1.165, 1.54) is 17.0 Å². The van der Waals surface area contributed by atoms with Crippen LogP contribution in [-0.4, -0.2) is 41.3 Å². The van der Waals surface area contributed by atoms with Crippen molar-refractivity contribution in [1.82, 2.24) is 9.88 Å². The van der Waals surface area contributed by atoms with Crippen molar-refractivity contribution in [3.63, 3.8) is 0 Å². The maximum atomic E-state index is 12.5. The maximum absolute atomic E-state index is 12.5. The second-order valence-corrected chi connectivity index (χ2v) is 5.91. The minimum Gasteiger partial charge on any atom is -0.471 e. The number of aromatic nitrogens is 1. The molecule has 2 heterocycles. The third kappa shape index (κ3) is 4.84. The summed E-state index contributed by atoms with van der Waals surface area (Å²) in [4.78, 5) is 17.2. The van der Waals surface area contributed by atoms with E-state index < -0.39 is 35.9 Å². The fourth-order valence-electron chi connectivity index (χ4n) is 2.45. The lowest BCUT2D eigenvalue weighted by molar-refractivity contribution is -0.274. The van der Waals surface area contributed by atoms with Crippen LogP contribution in [0.1, 0.15) is 15.9 Å². The van der Waals surface area contributed by atoms with Crippen LogP contribution in [0.3, 0.4) is 0 Å². The van der Waals surface area contributed by atoms with Crippen molar-refractivity contribution in [3.05, 3.63) is 53.7 Å². The minimum atomic E-state index is -4.82. The smallest absolute Gasteiger partial charge is 0.471 e. The second-order valence-electron chi connectivity index (χ2n) is 5.91. The largest absolute Gasteiger partial charge is 0.573 e. The number of nitrogens with zero attached hydrogens (tertiary/aromatic N) is 2. The summed E-state index contributed by atoms with van der Waals surface area (Å²) >= 11 is 0. The summed E-state index contributed by atoms with van der Waals surface area (Å²) in [6, 6.07) is 6.40. The molecule has 0 bridgehead atoms. The van der Waals surface area contributed by atoms with Gasteiger partial charge in [0.2, 0.25) is 5.88 Å². The summed E-state index contributed by atoms with van der Waals surface area (Å²) in [7, 11) is 0. The van der Waals surface area contributed by atoms with Gasteiger partial charge in [0, 0.05) is 17.8 Å². The molecule has 1 aliphatic heterocycles. The Morgan fingerprint density at radius 2 is 1.64 bits per heavy atom. The molecule has 3 rings (SSSR count). The van der Waals surface area contributed by atoms with Gasteiger partial charge in [-0.05, 0) is 30.3 Å². The molecule has 11 heteroatoms. The molecule has 1 fully saturated rings. The van der Waals surface area contributed by atoms with Crippen LogP contribution in [0.2, 0.25) is 0 Å². The van der Waals surface area contributed by atoms with E-state index in [4.69, 9.17) is 4.74 Å². The third-order valence-corrected chi connectivity index (χ3v) is 3.82. The number of hydrogen-bond acceptors (Lipinski definition) is 4. The first-order valence-corrected chi connectivity index (χ1v) is 7.86. The first kappa shape index (κ1) is 19.8. The number of likely N-dealkylation sites (tertiary alicyclic amines) is 1. The van der Waals surface area contributed by atoms with Gasteiger partial charge in [0.25, 0.3) is 5.91 Å². The molecule has 0 unspecified atom stereocenters. The number of ether oxygens (including phenoxy) is 2. The lowest BCUT2D eigenvalue weighted by atomic mass is 10.1. The number of alkyl halides is 6. The molecule has 1 amide bonds. The molecule has 0 atom stereocenters. The summed E-state index contributed by atoms with van der Waals surface area (Å²) in [5.74, 6) is -0.861. The topological polar surface area (TPSA) is 51.7 Å². The first-order valence-electron chi connectivity index (χ1n) is 7.86. The number of carbonyl (C=O) groups excluding carboxylic acids is 1. The summed E-state index contributed by atoms with van der Waals surface area (Å²) in [5, 5.41) is 0. The van der Waals surface area contributed by atoms with Gasteiger partial charge in [-0.3, -0.25) is 4.79 Å². The van der Waals surface area contributed by atoms with E-state index in [1.54, 1.807) is 0 Å². The van der Waals surface area contributed by atoms with Crippen LogP contribution in [0.15, 0.2) is 42.6 Å². The molecular formula is C17H12F6N2O3. The Hall–Kier alpha value is -2.98. The quantitative estimate of drug-likeness (QED) is 0.723. The van der Waals surface area contributed by atoms with Gasteiger partial charge < -0.3 is 14.4 Å². The molecule has 0 aliphatic carbocycles. The van der Waals surface area contributed by atoms with Crippen molar-refractivity contribution in [2.45, 2.75) is 18.6 Å². The number of hydrogen-bond donors (Lipinski definition) is 0. The standard InChI is InChI=1S/C17H12F6N2O3/c18-16(19,20)11-3-6-14(24-7-11)27-13-8-25(9-13)15(26)10-1-4-12(5-2-10)28-17(21,22)23/h1-7,13H,8-9H2. The van der Waals surface area contributed by atoms with Crippen molar-refractivity contribution in [2.75, 3.05) is 13.1 Å². The second kappa shape index (κ2) is 7.21. The predicted octanol–water partition coefficient (Wildman–Crippen LogP) is 3.90. The Kier molecular flexibility index (Phi) is 5.09. The summed E-state index contributed by atoms with van der Waals surface area (Å²) < 4.78 is 82.9. The van der Waals surface area contributed by atoms with Crippen LogP contribution in [0.25, 0.3) is 0 Å². The van der Waals surface area contributed by atoms with Crippen LogP contribution in [0.4, 0.5) is 26.3 Å². The number of amides is 1. The summed E-state index contributed by atoms with van der Waals surface area (Å²) in [5.41, 5.74) is -0.733. The molecule has 5 nitrogen and oxygen atoms in total. The van der Waals surface area contributed by atoms with E-state index in [2.05, 4.69) is 9.72 Å². The fraction of sp³-hybridized carbons (Fsp3) is 0.294. The highest BCUT2D eigenvalue weighted by molar-refractivity contribution is 5.94. The normalized spacial score (nSPS) is 15.1. The molecule has 0 saturated carbocycles. The molecule has 28 heavy (non-hydrogen) atoms. The van der Waals surface area contributed by atoms with Crippen molar-refractivity contribution in [2.24, 2.45) is 0 Å². The summed E-state index contributed by atoms with van der Waals surface area (Å²) in [6.07, 6.45) is -9.10. The molecule has 0 N–H and O–H groups in total. The van der Waals surface area contributed by atoms with Crippen LogP contribution >= 0.6 is 0 Å². The zero-order valence-electron chi connectivity index (χ0n) is 13.9. The average Bonchev–Trinajstić information content (AvgIpc) is 2.56. The SMILES string of the molecule is O=C(c1ccc(OC(F)(F)F)cc1)N1CC(Oc2ccc(C(F)(F)F)cn2)C1. The van der Waals surface area contributed by atoms with Crippen LogP contribution in [-0.2, 0) is 6.18 Å². The molecule has 150 valence electrons. The highest BCUT2D eigenvalue weighted by Crippen LogP contribution is 2.30. The van der Waals surface area contributed by atoms with Crippen molar-refractivity contribution in [3.8, 4) is 11.6 Å². The molecule has 0 spiro atoms. The number of halogens is 6. The van der Waals surface area contributed by atoms with Crippen molar-refractivity contribution >= 4 is 5.91 Å². The third-order valence-electron chi connectivity index (χ3n) is 3.82. The van der Waals surface area contributed by atoms with Crippen LogP contribution in [0.5, 0.6) is 11.6 Å². The van der Waals surface area contributed by atoms with Gasteiger partial charge in [0.1, 0.15) is 11.9 Å². The zero-order valence-corrected chi connectivity index (χ0v) is 13.9. The van der Waals surface area contributed by atoms with Crippen molar-refractivity contribution in [1.29, 1.82) is 0 Å². The molecule has 0 radical (unpaired) electrons. The maximum Gasteiger partial charge on any atom is 0.573 e. The molecule has 2 aromatic rings. The molecule has 1 aromatic carbocycles. The zero-order chi connectivity index (χ0) is 20.5. The Morgan fingerprint density at radius 1 is 1.00 bits per heavy atom. The molecule has 1 saturated heterocycles. The monoisotopic (exact) mass is 406 g/mol. The number of pyridine rings is 1. The number of benzene rings is 1. The number of rotatable bonds is 4. The highest BCUT2D eigenvalue weighted by atomic mass is 19.4. The minimum absolute atomic E-state index is 0.00116. The lowest BCUT2D eigenvalue weighted by Crippen LogP contribution is -2.56. The lowest BCUT2D eigenvalue weighted by Gasteiger charge is -2.38. The van der Waals surface area contributed by atoms with E-state index in [9.17, 15) is 31.1 Å². The Balaban J connectivity index is 1.51. The van der Waals surface area contributed by atoms with Gasteiger partial charge >= 0.3 is 12.5 Å². The Morgan fingerprint density at radius 3 is 2.14 bits per heavy atom. The fourth-order valence-corrected chi connectivity index (χ4v) is 2.45. The Labute approximate surface area is 154 Å². The van der Waals surface area contributed by atoms with E-state index in [1.807, 2.05) is 0 Å². The van der Waals surface area contributed by atoms with E-state index in [0.717, 1.165) is 24.3 Å². The van der Waals surface area contributed by atoms with E-state index in [0.29, 0.717) is 6.20 Å². The van der Waals surface area contributed by atoms with Gasteiger partial charge in [-0.2, -0.15) is 13.2 Å². The molecular weight excluding hydrogens is 394 g/mol. The van der Waals surface area contributed by atoms with Gasteiger partial charge in [0.15, 0.2) is 0 Å². The van der Waals surface area contributed by atoms with Gasteiger partial charge in [-0.25, -0.2) is 4.98 Å². The average molecular weight is 406 g/mol. The van der Waals surface area contributed by atoms with E-state index >= 15 is 0 Å². The van der Waals surface area contributed by atoms with Gasteiger partial charge in [-0.15, -0.1) is 13.2 Å².